The highest BCUT2D eigenvalue weighted by Crippen LogP contribution is 2.25. The zero-order valence-electron chi connectivity index (χ0n) is 18.6. The molecule has 1 aliphatic heterocycles. The van der Waals surface area contributed by atoms with Crippen LogP contribution in [0.5, 0.6) is 0 Å². The zero-order chi connectivity index (χ0) is 22.8. The van der Waals surface area contributed by atoms with Gasteiger partial charge in [0.05, 0.1) is 11.9 Å². The van der Waals surface area contributed by atoms with Crippen molar-refractivity contribution >= 4 is 44.8 Å². The van der Waals surface area contributed by atoms with Crippen molar-refractivity contribution in [3.63, 3.8) is 0 Å². The Morgan fingerprint density at radius 2 is 1.94 bits per heavy atom. The smallest absolute Gasteiger partial charge is 0.275 e. The highest BCUT2D eigenvalue weighted by atomic mass is 32.1. The number of rotatable bonds is 6. The second-order valence-electron chi connectivity index (χ2n) is 8.35. The quantitative estimate of drug-likeness (QED) is 0.403. The highest BCUT2D eigenvalue weighted by molar-refractivity contribution is 7.16. The zero-order valence-corrected chi connectivity index (χ0v) is 19.4. The molecule has 0 saturated carbocycles. The van der Waals surface area contributed by atoms with E-state index in [1.165, 1.54) is 5.56 Å². The van der Waals surface area contributed by atoms with E-state index >= 15 is 0 Å². The molecule has 1 saturated heterocycles. The molecule has 1 fully saturated rings. The molecule has 4 heterocycles. The molecule has 33 heavy (non-hydrogen) atoms. The standard InChI is InChI=1S/C23H26N8OS/c1-15-14-33-22-18(15)11-24-23(28-22)27-19-12-25-29-20(19)21(32)26-17-5-3-16(4-6-17)13-31-9-7-30(2)8-10-31/h3-6,11-12,14H,7-10,13H2,1-2H3,(H,25,29)(H,26,32)(H,24,27,28). The minimum atomic E-state index is -0.283. The van der Waals surface area contributed by atoms with E-state index in [-0.39, 0.29) is 5.91 Å². The third-order valence-corrected chi connectivity index (χ3v) is 6.86. The van der Waals surface area contributed by atoms with E-state index in [9.17, 15) is 4.79 Å². The largest absolute Gasteiger partial charge is 0.321 e. The van der Waals surface area contributed by atoms with Gasteiger partial charge in [-0.1, -0.05) is 12.1 Å². The third-order valence-electron chi connectivity index (χ3n) is 5.85. The predicted octanol–water partition coefficient (Wildman–Crippen LogP) is 3.47. The molecule has 3 N–H and O–H groups in total. The van der Waals surface area contributed by atoms with Crippen LogP contribution in [0.1, 0.15) is 21.6 Å². The molecule has 0 atom stereocenters. The van der Waals surface area contributed by atoms with Crippen LogP contribution in [0.3, 0.4) is 0 Å². The van der Waals surface area contributed by atoms with Crippen molar-refractivity contribution < 1.29 is 4.79 Å². The second kappa shape index (κ2) is 9.26. The number of aromatic amines is 1. The average Bonchev–Trinajstić information content (AvgIpc) is 3.43. The molecule has 9 nitrogen and oxygen atoms in total. The van der Waals surface area contributed by atoms with Crippen LogP contribution in [0.25, 0.3) is 10.2 Å². The van der Waals surface area contributed by atoms with Crippen molar-refractivity contribution in [2.75, 3.05) is 43.9 Å². The van der Waals surface area contributed by atoms with Crippen LogP contribution in [0, 0.1) is 6.92 Å². The summed E-state index contributed by atoms with van der Waals surface area (Å²) in [5.41, 5.74) is 3.96. The van der Waals surface area contributed by atoms with Gasteiger partial charge in [0.15, 0.2) is 0 Å². The lowest BCUT2D eigenvalue weighted by Gasteiger charge is -2.32. The molecular formula is C23H26N8OS. The maximum absolute atomic E-state index is 12.9. The maximum Gasteiger partial charge on any atom is 0.275 e. The number of anilines is 3. The van der Waals surface area contributed by atoms with Gasteiger partial charge in [-0.3, -0.25) is 14.8 Å². The van der Waals surface area contributed by atoms with Crippen LogP contribution in [-0.4, -0.2) is 69.1 Å². The molecule has 10 heteroatoms. The van der Waals surface area contributed by atoms with Gasteiger partial charge in [-0.2, -0.15) is 5.10 Å². The van der Waals surface area contributed by atoms with Crippen molar-refractivity contribution in [1.82, 2.24) is 30.0 Å². The van der Waals surface area contributed by atoms with Gasteiger partial charge in [0.2, 0.25) is 5.95 Å². The lowest BCUT2D eigenvalue weighted by molar-refractivity contribution is 0.102. The number of aryl methyl sites for hydroxylation is 1. The normalized spacial score (nSPS) is 15.1. The summed E-state index contributed by atoms with van der Waals surface area (Å²) in [7, 11) is 2.16. The van der Waals surface area contributed by atoms with Gasteiger partial charge in [0.1, 0.15) is 10.5 Å². The van der Waals surface area contributed by atoms with Gasteiger partial charge >= 0.3 is 0 Å². The van der Waals surface area contributed by atoms with Crippen LogP contribution >= 0.6 is 11.3 Å². The Morgan fingerprint density at radius 1 is 1.15 bits per heavy atom. The number of amides is 1. The Bertz CT molecular complexity index is 1260. The first-order valence-corrected chi connectivity index (χ1v) is 11.8. The summed E-state index contributed by atoms with van der Waals surface area (Å²) in [6.07, 6.45) is 3.35. The van der Waals surface area contributed by atoms with Gasteiger partial charge in [-0.05, 0) is 42.6 Å². The summed E-state index contributed by atoms with van der Waals surface area (Å²) in [5, 5.41) is 15.9. The predicted molar refractivity (Wildman–Crippen MR) is 131 cm³/mol. The van der Waals surface area contributed by atoms with E-state index in [2.05, 4.69) is 65.2 Å². The van der Waals surface area contributed by atoms with E-state index in [4.69, 9.17) is 0 Å². The fourth-order valence-electron chi connectivity index (χ4n) is 3.82. The second-order valence-corrected chi connectivity index (χ2v) is 9.20. The number of carbonyl (C=O) groups is 1. The number of hydrogen-bond donors (Lipinski definition) is 3. The summed E-state index contributed by atoms with van der Waals surface area (Å²) in [4.78, 5) is 27.5. The minimum Gasteiger partial charge on any atom is -0.321 e. The van der Waals surface area contributed by atoms with Gasteiger partial charge in [0.25, 0.3) is 5.91 Å². The van der Waals surface area contributed by atoms with E-state index in [0.29, 0.717) is 17.3 Å². The molecule has 0 aliphatic carbocycles. The number of thiophene rings is 1. The summed E-state index contributed by atoms with van der Waals surface area (Å²) in [6, 6.07) is 7.99. The van der Waals surface area contributed by atoms with Crippen molar-refractivity contribution in [3.05, 3.63) is 58.9 Å². The van der Waals surface area contributed by atoms with Crippen molar-refractivity contribution in [2.24, 2.45) is 0 Å². The number of nitrogens with zero attached hydrogens (tertiary/aromatic N) is 5. The summed E-state index contributed by atoms with van der Waals surface area (Å²) >= 11 is 1.57. The number of carbonyl (C=O) groups excluding carboxylic acids is 1. The highest BCUT2D eigenvalue weighted by Gasteiger charge is 2.17. The van der Waals surface area contributed by atoms with Crippen molar-refractivity contribution in [1.29, 1.82) is 0 Å². The van der Waals surface area contributed by atoms with Crippen molar-refractivity contribution in [2.45, 2.75) is 13.5 Å². The molecule has 4 aromatic rings. The SMILES string of the molecule is Cc1csc2nc(Nc3cn[nH]c3C(=O)Nc3ccc(CN4CCN(C)CC4)cc3)ncc12. The Kier molecular flexibility index (Phi) is 6.03. The Labute approximate surface area is 195 Å². The summed E-state index contributed by atoms with van der Waals surface area (Å²) < 4.78 is 0. The molecule has 0 radical (unpaired) electrons. The number of aromatic nitrogens is 4. The Morgan fingerprint density at radius 3 is 2.73 bits per heavy atom. The fourth-order valence-corrected chi connectivity index (χ4v) is 4.72. The molecule has 1 amide bonds. The molecular weight excluding hydrogens is 436 g/mol. The van der Waals surface area contributed by atoms with E-state index in [0.717, 1.165) is 54.2 Å². The molecule has 0 unspecified atom stereocenters. The number of H-pyrrole nitrogens is 1. The van der Waals surface area contributed by atoms with Crippen LogP contribution in [0.15, 0.2) is 42.0 Å². The van der Waals surface area contributed by atoms with E-state index in [1.54, 1.807) is 23.7 Å². The van der Waals surface area contributed by atoms with Gasteiger partial charge in [-0.25, -0.2) is 9.97 Å². The lowest BCUT2D eigenvalue weighted by Crippen LogP contribution is -2.43. The molecule has 1 aliphatic rings. The molecule has 3 aromatic heterocycles. The number of piperazine rings is 1. The number of likely N-dealkylation sites (N-methyl/N-ethyl adjacent to an activating group) is 1. The first-order chi connectivity index (χ1) is 16.0. The Balaban J connectivity index is 1.22. The molecule has 0 bridgehead atoms. The molecule has 0 spiro atoms. The van der Waals surface area contributed by atoms with Gasteiger partial charge in [-0.15, -0.1) is 11.3 Å². The van der Waals surface area contributed by atoms with E-state index < -0.39 is 0 Å². The molecule has 1 aromatic carbocycles. The lowest BCUT2D eigenvalue weighted by atomic mass is 10.1. The van der Waals surface area contributed by atoms with Gasteiger partial charge < -0.3 is 15.5 Å². The number of fused-ring (bicyclic) bond motifs is 1. The van der Waals surface area contributed by atoms with Crippen LogP contribution in [0.4, 0.5) is 17.3 Å². The van der Waals surface area contributed by atoms with Gasteiger partial charge in [0, 0.05) is 50.0 Å². The minimum absolute atomic E-state index is 0.283. The molecule has 5 rings (SSSR count). The first-order valence-electron chi connectivity index (χ1n) is 10.9. The van der Waals surface area contributed by atoms with Crippen LogP contribution in [0.2, 0.25) is 0 Å². The monoisotopic (exact) mass is 462 g/mol. The number of nitrogens with one attached hydrogen (secondary N) is 3. The topological polar surface area (TPSA) is 102 Å². The number of hydrogen-bond acceptors (Lipinski definition) is 8. The van der Waals surface area contributed by atoms with E-state index in [1.807, 2.05) is 19.1 Å². The third kappa shape index (κ3) is 4.87. The summed E-state index contributed by atoms with van der Waals surface area (Å²) in [5.74, 6) is 0.142. The fraction of sp³-hybridized carbons (Fsp3) is 0.304. The average molecular weight is 463 g/mol. The summed E-state index contributed by atoms with van der Waals surface area (Å²) in [6.45, 7) is 7.30. The maximum atomic E-state index is 12.9. The Hall–Kier alpha value is -3.34. The van der Waals surface area contributed by atoms with Crippen molar-refractivity contribution in [3.8, 4) is 0 Å². The van der Waals surface area contributed by atoms with Crippen LogP contribution < -0.4 is 10.6 Å². The van der Waals surface area contributed by atoms with Crippen LogP contribution in [-0.2, 0) is 6.54 Å². The first kappa shape index (κ1) is 21.5. The number of benzene rings is 1. The molecule has 170 valence electrons.